The number of anilines is 1. The topological polar surface area (TPSA) is 66.0 Å². The first-order chi connectivity index (χ1) is 8.78. The molecule has 1 amide bonds. The van der Waals surface area contributed by atoms with Crippen LogP contribution >= 0.6 is 0 Å². The largest absolute Gasteiger partial charge is 0.465 e. The summed E-state index contributed by atoms with van der Waals surface area (Å²) in [6.45, 7) is 0. The minimum atomic E-state index is -0.276. The van der Waals surface area contributed by atoms with Gasteiger partial charge < -0.3 is 9.73 Å². The molecule has 88 valence electrons. The van der Waals surface area contributed by atoms with Crippen molar-refractivity contribution < 1.29 is 9.21 Å². The fourth-order valence-corrected chi connectivity index (χ4v) is 1.39. The molecule has 18 heavy (non-hydrogen) atoms. The van der Waals surface area contributed by atoms with Crippen LogP contribution in [0.1, 0.15) is 11.3 Å². The van der Waals surface area contributed by atoms with Crippen molar-refractivity contribution in [1.82, 2.24) is 0 Å². The minimum Gasteiger partial charge on any atom is -0.465 e. The van der Waals surface area contributed by atoms with Crippen LogP contribution in [0.2, 0.25) is 0 Å². The number of furan rings is 1. The summed E-state index contributed by atoms with van der Waals surface area (Å²) in [7, 11) is 0. The van der Waals surface area contributed by atoms with E-state index in [4.69, 9.17) is 9.68 Å². The summed E-state index contributed by atoms with van der Waals surface area (Å²) >= 11 is 0. The third kappa shape index (κ3) is 3.09. The maximum absolute atomic E-state index is 11.6. The van der Waals surface area contributed by atoms with E-state index < -0.39 is 0 Å². The van der Waals surface area contributed by atoms with E-state index in [2.05, 4.69) is 5.32 Å². The molecule has 0 bridgehead atoms. The van der Waals surface area contributed by atoms with Gasteiger partial charge in [0.25, 0.3) is 0 Å². The molecule has 0 atom stereocenters. The van der Waals surface area contributed by atoms with Crippen LogP contribution in [0.15, 0.2) is 53.2 Å². The van der Waals surface area contributed by atoms with Crippen molar-refractivity contribution in [2.45, 2.75) is 0 Å². The summed E-state index contributed by atoms with van der Waals surface area (Å²) in [5.74, 6) is 0.331. The smallest absolute Gasteiger partial charge is 0.248 e. The van der Waals surface area contributed by atoms with Gasteiger partial charge in [0.2, 0.25) is 5.91 Å². The molecule has 0 aliphatic heterocycles. The van der Waals surface area contributed by atoms with Crippen LogP contribution in [0.25, 0.3) is 6.08 Å². The van der Waals surface area contributed by atoms with Crippen molar-refractivity contribution in [2.75, 3.05) is 5.32 Å². The van der Waals surface area contributed by atoms with E-state index in [1.165, 1.54) is 12.3 Å². The highest BCUT2D eigenvalue weighted by Gasteiger charge is 1.99. The molecule has 4 nitrogen and oxygen atoms in total. The lowest BCUT2D eigenvalue weighted by Crippen LogP contribution is -2.07. The first-order valence-electron chi connectivity index (χ1n) is 5.30. The number of hydrogen-bond acceptors (Lipinski definition) is 3. The van der Waals surface area contributed by atoms with Gasteiger partial charge in [0.1, 0.15) is 5.76 Å². The number of benzene rings is 1. The average Bonchev–Trinajstić information content (AvgIpc) is 2.90. The number of nitrogens with one attached hydrogen (secondary N) is 1. The van der Waals surface area contributed by atoms with Crippen LogP contribution < -0.4 is 5.32 Å². The lowest BCUT2D eigenvalue weighted by Gasteiger charge is -2.01. The highest BCUT2D eigenvalue weighted by atomic mass is 16.3. The summed E-state index contributed by atoms with van der Waals surface area (Å²) in [5.41, 5.74) is 1.09. The Morgan fingerprint density at radius 2 is 2.22 bits per heavy atom. The molecule has 1 heterocycles. The second-order valence-electron chi connectivity index (χ2n) is 3.53. The monoisotopic (exact) mass is 238 g/mol. The Morgan fingerprint density at radius 3 is 2.94 bits per heavy atom. The normalized spacial score (nSPS) is 10.2. The summed E-state index contributed by atoms with van der Waals surface area (Å²) in [5, 5.41) is 11.4. The Kier molecular flexibility index (Phi) is 3.57. The Morgan fingerprint density at radius 1 is 1.33 bits per heavy atom. The van der Waals surface area contributed by atoms with Gasteiger partial charge in [-0.2, -0.15) is 5.26 Å². The number of hydrogen-bond donors (Lipinski definition) is 1. The van der Waals surface area contributed by atoms with Crippen LogP contribution in [0.4, 0.5) is 5.69 Å². The zero-order chi connectivity index (χ0) is 12.8. The molecule has 1 aromatic heterocycles. The fraction of sp³-hybridized carbons (Fsp3) is 0. The molecule has 0 unspecified atom stereocenters. The first kappa shape index (κ1) is 11.7. The van der Waals surface area contributed by atoms with Crippen LogP contribution in [0.3, 0.4) is 0 Å². The van der Waals surface area contributed by atoms with E-state index in [1.807, 2.05) is 6.07 Å². The van der Waals surface area contributed by atoms with Gasteiger partial charge in [-0.25, -0.2) is 0 Å². The van der Waals surface area contributed by atoms with E-state index in [0.29, 0.717) is 17.0 Å². The standard InChI is InChI=1S/C14H10N2O2/c15-10-11-3-1-4-12(9-11)16-14(17)7-6-13-5-2-8-18-13/h1-9H,(H,16,17)/b7-6-. The maximum Gasteiger partial charge on any atom is 0.248 e. The van der Waals surface area contributed by atoms with E-state index in [1.54, 1.807) is 42.5 Å². The highest BCUT2D eigenvalue weighted by molar-refractivity contribution is 6.01. The third-order valence-corrected chi connectivity index (χ3v) is 2.20. The summed E-state index contributed by atoms with van der Waals surface area (Å²) in [6, 6.07) is 12.2. The number of nitrogens with zero attached hydrogens (tertiary/aromatic N) is 1. The van der Waals surface area contributed by atoms with E-state index >= 15 is 0 Å². The zero-order valence-corrected chi connectivity index (χ0v) is 9.46. The molecule has 0 aliphatic carbocycles. The van der Waals surface area contributed by atoms with Crippen molar-refractivity contribution in [1.29, 1.82) is 5.26 Å². The van der Waals surface area contributed by atoms with E-state index in [0.717, 1.165) is 0 Å². The molecule has 1 aromatic carbocycles. The molecule has 0 spiro atoms. The second-order valence-corrected chi connectivity index (χ2v) is 3.53. The van der Waals surface area contributed by atoms with Crippen molar-refractivity contribution in [3.63, 3.8) is 0 Å². The molecule has 0 saturated carbocycles. The van der Waals surface area contributed by atoms with Crippen molar-refractivity contribution in [3.8, 4) is 6.07 Å². The van der Waals surface area contributed by atoms with Crippen LogP contribution in [0, 0.1) is 11.3 Å². The van der Waals surface area contributed by atoms with Crippen molar-refractivity contribution >= 4 is 17.7 Å². The van der Waals surface area contributed by atoms with Crippen LogP contribution in [-0.2, 0) is 4.79 Å². The lowest BCUT2D eigenvalue weighted by atomic mass is 10.2. The zero-order valence-electron chi connectivity index (χ0n) is 9.46. The van der Waals surface area contributed by atoms with Gasteiger partial charge in [0, 0.05) is 11.8 Å². The molecule has 4 heteroatoms. The average molecular weight is 238 g/mol. The van der Waals surface area contributed by atoms with Crippen molar-refractivity contribution in [2.24, 2.45) is 0 Å². The van der Waals surface area contributed by atoms with Gasteiger partial charge in [0.05, 0.1) is 17.9 Å². The number of carbonyl (C=O) groups is 1. The SMILES string of the molecule is N#Cc1cccc(NC(=O)/C=C\c2ccco2)c1. The number of carbonyl (C=O) groups excluding carboxylic acids is 1. The lowest BCUT2D eigenvalue weighted by molar-refractivity contribution is -0.111. The van der Waals surface area contributed by atoms with Gasteiger partial charge >= 0.3 is 0 Å². The predicted octanol–water partition coefficient (Wildman–Crippen LogP) is 2.80. The Labute approximate surface area is 104 Å². The van der Waals surface area contributed by atoms with Crippen molar-refractivity contribution in [3.05, 3.63) is 60.1 Å². The molecule has 0 saturated heterocycles. The molecular weight excluding hydrogens is 228 g/mol. The quantitative estimate of drug-likeness (QED) is 0.836. The molecular formula is C14H10N2O2. The molecule has 0 fully saturated rings. The van der Waals surface area contributed by atoms with Crippen LogP contribution in [0.5, 0.6) is 0 Å². The second kappa shape index (κ2) is 5.51. The highest BCUT2D eigenvalue weighted by Crippen LogP contribution is 2.10. The number of rotatable bonds is 3. The number of nitriles is 1. The molecule has 2 rings (SSSR count). The molecule has 0 radical (unpaired) electrons. The van der Waals surface area contributed by atoms with Gasteiger partial charge in [-0.05, 0) is 36.4 Å². The molecule has 2 aromatic rings. The van der Waals surface area contributed by atoms with Crippen LogP contribution in [-0.4, -0.2) is 5.91 Å². The van der Waals surface area contributed by atoms with E-state index in [9.17, 15) is 4.79 Å². The Balaban J connectivity index is 2.01. The van der Waals surface area contributed by atoms with Gasteiger partial charge in [-0.1, -0.05) is 6.07 Å². The van der Waals surface area contributed by atoms with Gasteiger partial charge in [-0.15, -0.1) is 0 Å². The Bertz CT molecular complexity index is 607. The maximum atomic E-state index is 11.6. The Hall–Kier alpha value is -2.80. The predicted molar refractivity (Wildman–Crippen MR) is 67.5 cm³/mol. The third-order valence-electron chi connectivity index (χ3n) is 2.20. The van der Waals surface area contributed by atoms with Gasteiger partial charge in [-0.3, -0.25) is 4.79 Å². The fourth-order valence-electron chi connectivity index (χ4n) is 1.39. The molecule has 0 aliphatic rings. The summed E-state index contributed by atoms with van der Waals surface area (Å²) in [4.78, 5) is 11.6. The number of amides is 1. The van der Waals surface area contributed by atoms with E-state index in [-0.39, 0.29) is 5.91 Å². The summed E-state index contributed by atoms with van der Waals surface area (Å²) in [6.07, 6.45) is 4.48. The molecule has 1 N–H and O–H groups in total. The van der Waals surface area contributed by atoms with Gasteiger partial charge in [0.15, 0.2) is 0 Å². The summed E-state index contributed by atoms with van der Waals surface area (Å²) < 4.78 is 5.06. The first-order valence-corrected chi connectivity index (χ1v) is 5.30. The minimum absolute atomic E-state index is 0.276.